The zero-order valence-corrected chi connectivity index (χ0v) is 8.47. The van der Waals surface area contributed by atoms with E-state index in [0.717, 1.165) is 0 Å². The highest BCUT2D eigenvalue weighted by molar-refractivity contribution is 9.10. The van der Waals surface area contributed by atoms with Crippen LogP contribution >= 0.6 is 15.9 Å². The minimum absolute atomic E-state index is 0.0845. The molecule has 0 radical (unpaired) electrons. The number of methoxy groups -OCH3 is 1. The lowest BCUT2D eigenvalue weighted by molar-refractivity contribution is -0.139. The number of nitrogens with zero attached hydrogens (tertiary/aromatic N) is 1. The molecule has 3 nitrogen and oxygen atoms in total. The van der Waals surface area contributed by atoms with Crippen molar-refractivity contribution >= 4 is 21.9 Å². The molecule has 0 atom stereocenters. The number of halogens is 2. The molecule has 0 spiro atoms. The summed E-state index contributed by atoms with van der Waals surface area (Å²) in [4.78, 5) is 14.5. The number of carbonyl (C=O) groups is 1. The topological polar surface area (TPSA) is 39.2 Å². The van der Waals surface area contributed by atoms with Gasteiger partial charge in [0, 0.05) is 6.20 Å². The third-order valence-electron chi connectivity index (χ3n) is 1.45. The first-order chi connectivity index (χ1) is 6.15. The van der Waals surface area contributed by atoms with Gasteiger partial charge in [-0.15, -0.1) is 0 Å². The summed E-state index contributed by atoms with van der Waals surface area (Å²) in [6, 6.07) is 1.47. The van der Waals surface area contributed by atoms with E-state index in [-0.39, 0.29) is 12.1 Å². The number of hydrogen-bond donors (Lipinski definition) is 0. The number of esters is 1. The van der Waals surface area contributed by atoms with Crippen LogP contribution in [0.1, 0.15) is 5.69 Å². The molecule has 0 N–H and O–H groups in total. The number of hydrogen-bond acceptors (Lipinski definition) is 3. The predicted octanol–water partition coefficient (Wildman–Crippen LogP) is 1.70. The summed E-state index contributed by atoms with van der Waals surface area (Å²) in [5.41, 5.74) is 0.0845. The maximum Gasteiger partial charge on any atom is 0.311 e. The summed E-state index contributed by atoms with van der Waals surface area (Å²) in [6.45, 7) is 0. The Bertz CT molecular complexity index is 330. The molecule has 1 aromatic rings. The van der Waals surface area contributed by atoms with E-state index < -0.39 is 11.8 Å². The fraction of sp³-hybridized carbons (Fsp3) is 0.250. The molecule has 0 aliphatic rings. The van der Waals surface area contributed by atoms with E-state index in [1.165, 1.54) is 19.4 Å². The quantitative estimate of drug-likeness (QED) is 0.747. The first-order valence-electron chi connectivity index (χ1n) is 3.51. The molecule has 0 bridgehead atoms. The van der Waals surface area contributed by atoms with Crippen LogP contribution < -0.4 is 0 Å². The van der Waals surface area contributed by atoms with Gasteiger partial charge in [-0.25, -0.2) is 4.39 Å². The molecule has 0 fully saturated rings. The Kier molecular flexibility index (Phi) is 3.36. The van der Waals surface area contributed by atoms with Gasteiger partial charge in [-0.05, 0) is 22.0 Å². The molecule has 5 heteroatoms. The summed E-state index contributed by atoms with van der Waals surface area (Å²) >= 11 is 2.99. The molecule has 0 saturated carbocycles. The Labute approximate surface area is 83.1 Å². The molecule has 13 heavy (non-hydrogen) atoms. The van der Waals surface area contributed by atoms with Gasteiger partial charge in [-0.2, -0.15) is 0 Å². The normalized spacial score (nSPS) is 9.77. The van der Waals surface area contributed by atoms with E-state index in [0.29, 0.717) is 4.47 Å². The molecule has 70 valence electrons. The summed E-state index contributed by atoms with van der Waals surface area (Å²) in [5, 5.41) is 0. The van der Waals surface area contributed by atoms with Crippen LogP contribution in [0.15, 0.2) is 16.7 Å². The van der Waals surface area contributed by atoms with Crippen molar-refractivity contribution in [2.45, 2.75) is 6.42 Å². The van der Waals surface area contributed by atoms with E-state index in [1.807, 2.05) is 0 Å². The van der Waals surface area contributed by atoms with Gasteiger partial charge >= 0.3 is 5.97 Å². The maximum atomic E-state index is 13.2. The molecule has 0 unspecified atom stereocenters. The van der Waals surface area contributed by atoms with Gasteiger partial charge in [0.2, 0.25) is 0 Å². The first-order valence-corrected chi connectivity index (χ1v) is 4.30. The molecular weight excluding hydrogens is 241 g/mol. The molecule has 1 heterocycles. The van der Waals surface area contributed by atoms with Crippen LogP contribution in [0.3, 0.4) is 0 Å². The van der Waals surface area contributed by atoms with Crippen molar-refractivity contribution < 1.29 is 13.9 Å². The van der Waals surface area contributed by atoms with E-state index in [2.05, 4.69) is 25.7 Å². The predicted molar refractivity (Wildman–Crippen MR) is 47.6 cm³/mol. The fourth-order valence-electron chi connectivity index (χ4n) is 0.792. The van der Waals surface area contributed by atoms with Crippen molar-refractivity contribution in [1.82, 2.24) is 4.98 Å². The SMILES string of the molecule is COC(=O)Cc1nccc(Br)c1F. The summed E-state index contributed by atoms with van der Waals surface area (Å²) in [7, 11) is 1.25. The number of aromatic nitrogens is 1. The van der Waals surface area contributed by atoms with Crippen LogP contribution in [0.4, 0.5) is 4.39 Å². The van der Waals surface area contributed by atoms with E-state index in [1.54, 1.807) is 0 Å². The number of carbonyl (C=O) groups excluding carboxylic acids is 1. The van der Waals surface area contributed by atoms with Crippen molar-refractivity contribution in [2.24, 2.45) is 0 Å². The van der Waals surface area contributed by atoms with Crippen LogP contribution in [0.25, 0.3) is 0 Å². The molecule has 0 aliphatic carbocycles. The Morgan fingerprint density at radius 1 is 1.77 bits per heavy atom. The van der Waals surface area contributed by atoms with Crippen LogP contribution in [-0.4, -0.2) is 18.1 Å². The number of pyridine rings is 1. The van der Waals surface area contributed by atoms with Crippen LogP contribution in [0, 0.1) is 5.82 Å². The van der Waals surface area contributed by atoms with Crippen LogP contribution in [0.2, 0.25) is 0 Å². The number of ether oxygens (including phenoxy) is 1. The van der Waals surface area contributed by atoms with Crippen molar-refractivity contribution in [2.75, 3.05) is 7.11 Å². The maximum absolute atomic E-state index is 13.2. The highest BCUT2D eigenvalue weighted by atomic mass is 79.9. The second kappa shape index (κ2) is 4.32. The molecule has 1 rings (SSSR count). The van der Waals surface area contributed by atoms with Crippen LogP contribution in [-0.2, 0) is 16.0 Å². The van der Waals surface area contributed by atoms with Crippen molar-refractivity contribution in [1.29, 1.82) is 0 Å². The standard InChI is InChI=1S/C8H7BrFNO2/c1-13-7(12)4-6-8(10)5(9)2-3-11-6/h2-3H,4H2,1H3. The summed E-state index contributed by atoms with van der Waals surface area (Å²) in [5.74, 6) is -1.03. The lowest BCUT2D eigenvalue weighted by Gasteiger charge is -2.01. The van der Waals surface area contributed by atoms with Gasteiger partial charge in [0.05, 0.1) is 23.7 Å². The third kappa shape index (κ3) is 2.48. The average Bonchev–Trinajstić information content (AvgIpc) is 2.13. The van der Waals surface area contributed by atoms with E-state index >= 15 is 0 Å². The second-order valence-corrected chi connectivity index (χ2v) is 3.16. The van der Waals surface area contributed by atoms with Gasteiger partial charge in [0.25, 0.3) is 0 Å². The van der Waals surface area contributed by atoms with Gasteiger partial charge in [0.1, 0.15) is 0 Å². The molecule has 0 saturated heterocycles. The minimum Gasteiger partial charge on any atom is -0.469 e. The van der Waals surface area contributed by atoms with Gasteiger partial charge in [-0.3, -0.25) is 9.78 Å². The second-order valence-electron chi connectivity index (χ2n) is 2.31. The molecule has 0 aliphatic heterocycles. The zero-order chi connectivity index (χ0) is 9.84. The van der Waals surface area contributed by atoms with Gasteiger partial charge < -0.3 is 4.74 Å². The van der Waals surface area contributed by atoms with E-state index in [9.17, 15) is 9.18 Å². The minimum atomic E-state index is -0.520. The van der Waals surface area contributed by atoms with Crippen molar-refractivity contribution in [3.8, 4) is 0 Å². The smallest absolute Gasteiger partial charge is 0.311 e. The lowest BCUT2D eigenvalue weighted by atomic mass is 10.2. The zero-order valence-electron chi connectivity index (χ0n) is 6.88. The highest BCUT2D eigenvalue weighted by Gasteiger charge is 2.11. The molecular formula is C8H7BrFNO2. The third-order valence-corrected chi connectivity index (χ3v) is 2.07. The van der Waals surface area contributed by atoms with E-state index in [4.69, 9.17) is 0 Å². The Morgan fingerprint density at radius 2 is 2.46 bits per heavy atom. The van der Waals surface area contributed by atoms with Gasteiger partial charge in [0.15, 0.2) is 5.82 Å². The van der Waals surface area contributed by atoms with Crippen molar-refractivity contribution in [3.05, 3.63) is 28.2 Å². The first kappa shape index (κ1) is 10.1. The molecule has 1 aromatic heterocycles. The lowest BCUT2D eigenvalue weighted by Crippen LogP contribution is -2.08. The summed E-state index contributed by atoms with van der Waals surface area (Å²) in [6.07, 6.45) is 1.27. The fourth-order valence-corrected chi connectivity index (χ4v) is 1.14. The molecule has 0 amide bonds. The summed E-state index contributed by atoms with van der Waals surface area (Å²) < 4.78 is 17.9. The Balaban J connectivity index is 2.89. The average molecular weight is 248 g/mol. The Hall–Kier alpha value is -0.970. The largest absolute Gasteiger partial charge is 0.469 e. The number of rotatable bonds is 2. The monoisotopic (exact) mass is 247 g/mol. The van der Waals surface area contributed by atoms with Crippen molar-refractivity contribution in [3.63, 3.8) is 0 Å². The Morgan fingerprint density at radius 3 is 3.08 bits per heavy atom. The van der Waals surface area contributed by atoms with Crippen LogP contribution in [0.5, 0.6) is 0 Å². The highest BCUT2D eigenvalue weighted by Crippen LogP contribution is 2.16. The van der Waals surface area contributed by atoms with Gasteiger partial charge in [-0.1, -0.05) is 0 Å². The molecule has 0 aromatic carbocycles.